The molecule has 0 fully saturated rings. The maximum absolute atomic E-state index is 12.7. The number of aryl methyl sites for hydroxylation is 3. The number of ketones is 1. The molecular weight excluding hydrogens is 408 g/mol. The molecule has 0 atom stereocenters. The fourth-order valence-electron chi connectivity index (χ4n) is 4.21. The number of nitrogens with one attached hydrogen (secondary N) is 1. The summed E-state index contributed by atoms with van der Waals surface area (Å²) in [5.41, 5.74) is 6.14. The van der Waals surface area contributed by atoms with Crippen molar-refractivity contribution in [3.8, 4) is 5.69 Å². The van der Waals surface area contributed by atoms with Crippen LogP contribution in [0.2, 0.25) is 0 Å². The van der Waals surface area contributed by atoms with Gasteiger partial charge in [-0.1, -0.05) is 6.07 Å². The molecule has 166 valence electrons. The minimum atomic E-state index is -0.550. The molecule has 0 radical (unpaired) electrons. The molecule has 0 spiro atoms. The van der Waals surface area contributed by atoms with Crippen molar-refractivity contribution in [2.75, 3.05) is 13.2 Å². The molecule has 1 aliphatic rings. The van der Waals surface area contributed by atoms with Crippen LogP contribution in [-0.2, 0) is 22.4 Å². The second-order valence-electron chi connectivity index (χ2n) is 7.99. The maximum Gasteiger partial charge on any atom is 0.308 e. The highest BCUT2D eigenvalue weighted by atomic mass is 16.5. The van der Waals surface area contributed by atoms with Crippen LogP contribution in [0.25, 0.3) is 5.69 Å². The van der Waals surface area contributed by atoms with Gasteiger partial charge >= 0.3 is 5.97 Å². The summed E-state index contributed by atoms with van der Waals surface area (Å²) in [6.45, 7) is 3.63. The van der Waals surface area contributed by atoms with Crippen LogP contribution >= 0.6 is 0 Å². The van der Waals surface area contributed by atoms with Crippen LogP contribution in [0.4, 0.5) is 0 Å². The molecule has 1 aliphatic carbocycles. The Morgan fingerprint density at radius 2 is 1.91 bits per heavy atom. The van der Waals surface area contributed by atoms with Gasteiger partial charge < -0.3 is 19.0 Å². The van der Waals surface area contributed by atoms with Crippen LogP contribution in [0, 0.1) is 13.8 Å². The number of nitrogens with zero attached hydrogens (tertiary/aromatic N) is 1. The molecular formula is C25H26N2O5. The number of hydrogen-bond donors (Lipinski definition) is 1. The van der Waals surface area contributed by atoms with E-state index in [1.54, 1.807) is 6.07 Å². The molecule has 0 unspecified atom stereocenters. The zero-order valence-electron chi connectivity index (χ0n) is 18.3. The van der Waals surface area contributed by atoms with Gasteiger partial charge in [0.15, 0.2) is 12.4 Å². The van der Waals surface area contributed by atoms with Crippen molar-refractivity contribution < 1.29 is 23.5 Å². The quantitative estimate of drug-likeness (QED) is 0.431. The van der Waals surface area contributed by atoms with Crippen molar-refractivity contribution in [1.82, 2.24) is 9.88 Å². The SMILES string of the molecule is Cc1cc(C(=O)COC(=O)CCNC(=O)c2ccco2)c(C)n1-c1ccc2c(c1)CCC2. The lowest BCUT2D eigenvalue weighted by Gasteiger charge is -2.12. The van der Waals surface area contributed by atoms with Crippen LogP contribution in [0.15, 0.2) is 47.1 Å². The summed E-state index contributed by atoms with van der Waals surface area (Å²) in [5, 5.41) is 2.57. The van der Waals surface area contributed by atoms with Gasteiger partial charge in [0, 0.05) is 29.2 Å². The number of carbonyl (C=O) groups excluding carboxylic acids is 3. The third-order valence-corrected chi connectivity index (χ3v) is 5.80. The Morgan fingerprint density at radius 1 is 1.09 bits per heavy atom. The van der Waals surface area contributed by atoms with Gasteiger partial charge in [-0.05, 0) is 74.6 Å². The molecule has 2 heterocycles. The number of benzene rings is 1. The van der Waals surface area contributed by atoms with E-state index in [1.165, 1.54) is 29.9 Å². The predicted octanol–water partition coefficient (Wildman–Crippen LogP) is 3.72. The number of rotatable bonds is 8. The van der Waals surface area contributed by atoms with E-state index in [0.717, 1.165) is 29.9 Å². The Kier molecular flexibility index (Phi) is 6.25. The molecule has 32 heavy (non-hydrogen) atoms. The minimum absolute atomic E-state index is 0.0339. The Bertz CT molecular complexity index is 1160. The number of aromatic nitrogens is 1. The second-order valence-corrected chi connectivity index (χ2v) is 7.99. The van der Waals surface area contributed by atoms with E-state index in [4.69, 9.17) is 9.15 Å². The van der Waals surface area contributed by atoms with E-state index in [0.29, 0.717) is 5.56 Å². The lowest BCUT2D eigenvalue weighted by Crippen LogP contribution is -2.26. The predicted molar refractivity (Wildman–Crippen MR) is 118 cm³/mol. The normalized spacial score (nSPS) is 12.4. The van der Waals surface area contributed by atoms with Crippen molar-refractivity contribution in [1.29, 1.82) is 0 Å². The fraction of sp³-hybridized carbons (Fsp3) is 0.320. The number of amides is 1. The first-order valence-corrected chi connectivity index (χ1v) is 10.8. The van der Waals surface area contributed by atoms with Gasteiger partial charge in [0.05, 0.1) is 12.7 Å². The third kappa shape index (κ3) is 4.51. The molecule has 1 aromatic carbocycles. The molecule has 0 saturated heterocycles. The van der Waals surface area contributed by atoms with Gasteiger partial charge in [-0.3, -0.25) is 14.4 Å². The van der Waals surface area contributed by atoms with E-state index in [2.05, 4.69) is 28.1 Å². The minimum Gasteiger partial charge on any atom is -0.459 e. The summed E-state index contributed by atoms with van der Waals surface area (Å²) >= 11 is 0. The Balaban J connectivity index is 1.33. The van der Waals surface area contributed by atoms with Crippen molar-refractivity contribution in [3.63, 3.8) is 0 Å². The van der Waals surface area contributed by atoms with Gasteiger partial charge in [0.25, 0.3) is 5.91 Å². The second kappa shape index (κ2) is 9.26. The van der Waals surface area contributed by atoms with E-state index >= 15 is 0 Å². The monoisotopic (exact) mass is 434 g/mol. The van der Waals surface area contributed by atoms with Gasteiger partial charge in [-0.25, -0.2) is 0 Å². The van der Waals surface area contributed by atoms with Crippen molar-refractivity contribution in [2.24, 2.45) is 0 Å². The molecule has 1 N–H and O–H groups in total. The number of furan rings is 1. The summed E-state index contributed by atoms with van der Waals surface area (Å²) < 4.78 is 12.2. The lowest BCUT2D eigenvalue weighted by atomic mass is 10.1. The molecule has 0 aliphatic heterocycles. The zero-order valence-corrected chi connectivity index (χ0v) is 18.3. The Morgan fingerprint density at radius 3 is 2.69 bits per heavy atom. The van der Waals surface area contributed by atoms with Gasteiger partial charge in [0.1, 0.15) is 0 Å². The molecule has 0 bridgehead atoms. The molecule has 1 amide bonds. The van der Waals surface area contributed by atoms with Gasteiger partial charge in [-0.15, -0.1) is 0 Å². The highest BCUT2D eigenvalue weighted by molar-refractivity contribution is 5.99. The summed E-state index contributed by atoms with van der Waals surface area (Å²) in [4.78, 5) is 36.5. The Labute approximate surface area is 186 Å². The van der Waals surface area contributed by atoms with Crippen LogP contribution in [0.3, 0.4) is 0 Å². The highest BCUT2D eigenvalue weighted by Crippen LogP contribution is 2.27. The lowest BCUT2D eigenvalue weighted by molar-refractivity contribution is -0.142. The molecule has 7 heteroatoms. The molecule has 2 aromatic heterocycles. The van der Waals surface area contributed by atoms with E-state index < -0.39 is 11.9 Å². The van der Waals surface area contributed by atoms with Crippen molar-refractivity contribution in [2.45, 2.75) is 39.5 Å². The standard InChI is InChI=1S/C25H26N2O5/c1-16-13-21(17(2)27(16)20-9-8-18-5-3-6-19(18)14-20)22(28)15-32-24(29)10-11-26-25(30)23-7-4-12-31-23/h4,7-9,12-14H,3,5-6,10-11,15H2,1-2H3,(H,26,30). The molecule has 7 nitrogen and oxygen atoms in total. The first-order valence-electron chi connectivity index (χ1n) is 10.8. The summed E-state index contributed by atoms with van der Waals surface area (Å²) in [6, 6.07) is 11.4. The van der Waals surface area contributed by atoms with Crippen LogP contribution in [-0.4, -0.2) is 35.4 Å². The van der Waals surface area contributed by atoms with E-state index in [1.807, 2.05) is 19.9 Å². The topological polar surface area (TPSA) is 90.5 Å². The zero-order chi connectivity index (χ0) is 22.7. The largest absolute Gasteiger partial charge is 0.459 e. The summed E-state index contributed by atoms with van der Waals surface area (Å²) in [7, 11) is 0. The molecule has 4 rings (SSSR count). The third-order valence-electron chi connectivity index (χ3n) is 5.80. The number of fused-ring (bicyclic) bond motifs is 1. The number of carbonyl (C=O) groups is 3. The number of Topliss-reactive ketones (excluding diaryl/α,β-unsaturated/α-hetero) is 1. The number of esters is 1. The number of hydrogen-bond acceptors (Lipinski definition) is 5. The van der Waals surface area contributed by atoms with Crippen molar-refractivity contribution in [3.05, 3.63) is 76.5 Å². The molecule has 0 saturated carbocycles. The first-order chi connectivity index (χ1) is 15.4. The van der Waals surface area contributed by atoms with E-state index in [-0.39, 0.29) is 31.1 Å². The molecule has 3 aromatic rings. The number of ether oxygens (including phenoxy) is 1. The van der Waals surface area contributed by atoms with E-state index in [9.17, 15) is 14.4 Å². The van der Waals surface area contributed by atoms with Crippen LogP contribution in [0.5, 0.6) is 0 Å². The Hall–Kier alpha value is -3.61. The fourth-order valence-corrected chi connectivity index (χ4v) is 4.21. The smallest absolute Gasteiger partial charge is 0.308 e. The highest BCUT2D eigenvalue weighted by Gasteiger charge is 2.19. The summed E-state index contributed by atoms with van der Waals surface area (Å²) in [5.74, 6) is -1.03. The van der Waals surface area contributed by atoms with Crippen molar-refractivity contribution >= 4 is 17.7 Å². The van der Waals surface area contributed by atoms with Gasteiger partial charge in [0.2, 0.25) is 5.78 Å². The maximum atomic E-state index is 12.7. The average Bonchev–Trinajstić information content (AvgIpc) is 3.52. The first kappa shape index (κ1) is 21.6. The van der Waals surface area contributed by atoms with Gasteiger partial charge in [-0.2, -0.15) is 0 Å². The average molecular weight is 434 g/mol. The van der Waals surface area contributed by atoms with Crippen LogP contribution < -0.4 is 5.32 Å². The van der Waals surface area contributed by atoms with Crippen LogP contribution in [0.1, 0.15) is 56.3 Å². The summed E-state index contributed by atoms with van der Waals surface area (Å²) in [6.07, 6.45) is 4.77.